The molecule has 4 rings (SSSR count). The lowest BCUT2D eigenvalue weighted by Crippen LogP contribution is -2.42. The molecule has 0 radical (unpaired) electrons. The van der Waals surface area contributed by atoms with E-state index in [1.807, 2.05) is 6.92 Å². The van der Waals surface area contributed by atoms with Gasteiger partial charge in [0, 0.05) is 31.7 Å². The van der Waals surface area contributed by atoms with Crippen LogP contribution in [0.3, 0.4) is 0 Å². The Bertz CT molecular complexity index is 831. The molecule has 162 valence electrons. The molecule has 2 aliphatic heterocycles. The first-order valence-corrected chi connectivity index (χ1v) is 13.6. The number of hydrogen-bond acceptors (Lipinski definition) is 7. The molecule has 0 aromatic carbocycles. The summed E-state index contributed by atoms with van der Waals surface area (Å²) in [4.78, 5) is 17.1. The average molecular weight is 442 g/mol. The van der Waals surface area contributed by atoms with Crippen molar-refractivity contribution in [3.63, 3.8) is 0 Å². The molecule has 0 bridgehead atoms. The van der Waals surface area contributed by atoms with E-state index in [0.29, 0.717) is 19.0 Å². The largest absolute Gasteiger partial charge is 0.341 e. The summed E-state index contributed by atoms with van der Waals surface area (Å²) in [6, 6.07) is 0.268. The highest BCUT2D eigenvalue weighted by atomic mass is 32.2. The molecule has 1 unspecified atom stereocenters. The molecule has 3 aliphatic rings. The standard InChI is InChI=1S/C19H31N5O3S2/c1-2-9-23(16-8-12-29(26,27)14-16)17(25)13-28-19-21-20-18(24(19)15-6-7-15)22-10-4-3-5-11-22/h15-16H,2-14H2,1H3. The summed E-state index contributed by atoms with van der Waals surface area (Å²) in [5.41, 5.74) is 0. The van der Waals surface area contributed by atoms with Crippen LogP contribution in [0.5, 0.6) is 0 Å². The highest BCUT2D eigenvalue weighted by molar-refractivity contribution is 7.99. The molecule has 1 atom stereocenters. The third-order valence-electron chi connectivity index (χ3n) is 5.96. The fraction of sp³-hybridized carbons (Fsp3) is 0.842. The van der Waals surface area contributed by atoms with Crippen LogP contribution in [0.25, 0.3) is 0 Å². The van der Waals surface area contributed by atoms with Crippen molar-refractivity contribution >= 4 is 33.5 Å². The van der Waals surface area contributed by atoms with Crippen molar-refractivity contribution in [2.75, 3.05) is 41.8 Å². The van der Waals surface area contributed by atoms with Crippen LogP contribution in [0.15, 0.2) is 5.16 Å². The Hall–Kier alpha value is -1.29. The van der Waals surface area contributed by atoms with Gasteiger partial charge in [-0.25, -0.2) is 8.42 Å². The minimum atomic E-state index is -3.01. The van der Waals surface area contributed by atoms with Gasteiger partial charge >= 0.3 is 0 Å². The van der Waals surface area contributed by atoms with Crippen LogP contribution in [-0.2, 0) is 14.6 Å². The lowest BCUT2D eigenvalue weighted by Gasteiger charge is -2.28. The predicted molar refractivity (Wildman–Crippen MR) is 114 cm³/mol. The van der Waals surface area contributed by atoms with Gasteiger partial charge in [0.2, 0.25) is 11.9 Å². The van der Waals surface area contributed by atoms with Crippen LogP contribution >= 0.6 is 11.8 Å². The molecular weight excluding hydrogens is 410 g/mol. The molecule has 1 aliphatic carbocycles. The number of sulfone groups is 1. The van der Waals surface area contributed by atoms with E-state index in [1.165, 1.54) is 31.0 Å². The van der Waals surface area contributed by atoms with Crippen LogP contribution in [0, 0.1) is 0 Å². The van der Waals surface area contributed by atoms with Crippen LogP contribution in [0.4, 0.5) is 5.95 Å². The first-order valence-electron chi connectivity index (χ1n) is 10.8. The summed E-state index contributed by atoms with van der Waals surface area (Å²) in [6.45, 7) is 4.67. The first-order chi connectivity index (χ1) is 14.0. The molecule has 2 saturated heterocycles. The third-order valence-corrected chi connectivity index (χ3v) is 8.63. The van der Waals surface area contributed by atoms with E-state index in [2.05, 4.69) is 19.7 Å². The van der Waals surface area contributed by atoms with Gasteiger partial charge in [0.1, 0.15) is 0 Å². The molecule has 1 aromatic rings. The Morgan fingerprint density at radius 2 is 1.93 bits per heavy atom. The second-order valence-electron chi connectivity index (χ2n) is 8.36. The zero-order valence-corrected chi connectivity index (χ0v) is 18.8. The highest BCUT2D eigenvalue weighted by Gasteiger charge is 2.35. The van der Waals surface area contributed by atoms with Crippen LogP contribution in [0.1, 0.15) is 57.9 Å². The molecule has 0 N–H and O–H groups in total. The van der Waals surface area contributed by atoms with Gasteiger partial charge in [-0.15, -0.1) is 10.2 Å². The molecule has 3 fully saturated rings. The molecular formula is C19H31N5O3S2. The number of carbonyl (C=O) groups excluding carboxylic acids is 1. The number of carbonyl (C=O) groups is 1. The van der Waals surface area contributed by atoms with Crippen molar-refractivity contribution in [2.45, 2.75) is 69.1 Å². The second-order valence-corrected chi connectivity index (χ2v) is 11.5. The summed E-state index contributed by atoms with van der Waals surface area (Å²) < 4.78 is 26.0. The average Bonchev–Trinajstić information content (AvgIpc) is 3.36. The zero-order chi connectivity index (χ0) is 20.4. The Morgan fingerprint density at radius 3 is 2.55 bits per heavy atom. The number of rotatable bonds is 8. The van der Waals surface area contributed by atoms with E-state index >= 15 is 0 Å². The van der Waals surface area contributed by atoms with Gasteiger partial charge in [0.15, 0.2) is 15.0 Å². The molecule has 1 amide bonds. The van der Waals surface area contributed by atoms with Crippen molar-refractivity contribution in [1.29, 1.82) is 0 Å². The van der Waals surface area contributed by atoms with Crippen LogP contribution < -0.4 is 4.90 Å². The summed E-state index contributed by atoms with van der Waals surface area (Å²) in [5.74, 6) is 1.52. The summed E-state index contributed by atoms with van der Waals surface area (Å²) >= 11 is 1.44. The van der Waals surface area contributed by atoms with Crippen molar-refractivity contribution in [1.82, 2.24) is 19.7 Å². The molecule has 29 heavy (non-hydrogen) atoms. The first kappa shape index (κ1) is 21.0. The lowest BCUT2D eigenvalue weighted by atomic mass is 10.1. The second kappa shape index (κ2) is 8.83. The van der Waals surface area contributed by atoms with E-state index in [4.69, 9.17) is 0 Å². The quantitative estimate of drug-likeness (QED) is 0.571. The van der Waals surface area contributed by atoms with Gasteiger partial charge in [-0.3, -0.25) is 9.36 Å². The van der Waals surface area contributed by atoms with Gasteiger partial charge in [-0.2, -0.15) is 0 Å². The molecule has 1 saturated carbocycles. The Balaban J connectivity index is 1.43. The normalized spacial score (nSPS) is 24.0. The molecule has 0 spiro atoms. The monoisotopic (exact) mass is 441 g/mol. The summed E-state index contributed by atoms with van der Waals surface area (Å²) in [5, 5.41) is 9.71. The highest BCUT2D eigenvalue weighted by Crippen LogP contribution is 2.41. The van der Waals surface area contributed by atoms with Gasteiger partial charge in [0.25, 0.3) is 0 Å². The Kier molecular flexibility index (Phi) is 6.38. The number of amides is 1. The summed E-state index contributed by atoms with van der Waals surface area (Å²) in [6.07, 6.45) is 7.31. The molecule has 1 aromatic heterocycles. The minimum Gasteiger partial charge on any atom is -0.341 e. The number of thioether (sulfide) groups is 1. The summed E-state index contributed by atoms with van der Waals surface area (Å²) in [7, 11) is -3.01. The van der Waals surface area contributed by atoms with Crippen molar-refractivity contribution in [3.05, 3.63) is 0 Å². The Morgan fingerprint density at radius 1 is 1.17 bits per heavy atom. The number of hydrogen-bond donors (Lipinski definition) is 0. The van der Waals surface area contributed by atoms with Gasteiger partial charge in [-0.1, -0.05) is 18.7 Å². The molecule has 8 nitrogen and oxygen atoms in total. The lowest BCUT2D eigenvalue weighted by molar-refractivity contribution is -0.130. The molecule has 3 heterocycles. The van der Waals surface area contributed by atoms with Crippen LogP contribution in [0.2, 0.25) is 0 Å². The van der Waals surface area contributed by atoms with Gasteiger partial charge < -0.3 is 9.80 Å². The maximum atomic E-state index is 13.0. The Labute approximate surface area is 177 Å². The van der Waals surface area contributed by atoms with E-state index in [-0.39, 0.29) is 29.2 Å². The van der Waals surface area contributed by atoms with Crippen molar-refractivity contribution in [2.24, 2.45) is 0 Å². The number of piperidine rings is 1. The van der Waals surface area contributed by atoms with Crippen molar-refractivity contribution in [3.8, 4) is 0 Å². The number of nitrogens with zero attached hydrogens (tertiary/aromatic N) is 5. The van der Waals surface area contributed by atoms with E-state index in [9.17, 15) is 13.2 Å². The van der Waals surface area contributed by atoms with Crippen LogP contribution in [-0.4, -0.2) is 76.9 Å². The smallest absolute Gasteiger partial charge is 0.233 e. The predicted octanol–water partition coefficient (Wildman–Crippen LogP) is 2.12. The maximum Gasteiger partial charge on any atom is 0.233 e. The van der Waals surface area contributed by atoms with Gasteiger partial charge in [-0.05, 0) is 44.9 Å². The van der Waals surface area contributed by atoms with Gasteiger partial charge in [0.05, 0.1) is 17.3 Å². The number of anilines is 1. The fourth-order valence-corrected chi connectivity index (χ4v) is 6.93. The molecule has 10 heteroatoms. The van der Waals surface area contributed by atoms with E-state index in [1.54, 1.807) is 4.90 Å². The van der Waals surface area contributed by atoms with E-state index < -0.39 is 9.84 Å². The SMILES string of the molecule is CCCN(C(=O)CSc1nnc(N2CCCCC2)n1C1CC1)C1CCS(=O)(=O)C1. The van der Waals surface area contributed by atoms with E-state index in [0.717, 1.165) is 43.5 Å². The van der Waals surface area contributed by atoms with Crippen molar-refractivity contribution < 1.29 is 13.2 Å². The number of aromatic nitrogens is 3. The minimum absolute atomic E-state index is 0.00354. The maximum absolute atomic E-state index is 13.0. The fourth-order valence-electron chi connectivity index (χ4n) is 4.31. The zero-order valence-electron chi connectivity index (χ0n) is 17.1. The topological polar surface area (TPSA) is 88.4 Å². The third kappa shape index (κ3) is 4.90.